The van der Waals surface area contributed by atoms with Crippen LogP contribution in [0.1, 0.15) is 17.5 Å². The van der Waals surface area contributed by atoms with E-state index in [2.05, 4.69) is 15.9 Å². The van der Waals surface area contributed by atoms with Crippen molar-refractivity contribution in [1.82, 2.24) is 0 Å². The first-order chi connectivity index (χ1) is 11.5. The molecule has 5 heteroatoms. The van der Waals surface area contributed by atoms with E-state index in [1.54, 1.807) is 18.2 Å². The molecule has 0 atom stereocenters. The molecule has 0 aliphatic rings. The van der Waals surface area contributed by atoms with E-state index in [9.17, 15) is 19.8 Å². The second-order valence-corrected chi connectivity index (χ2v) is 6.18. The Morgan fingerprint density at radius 2 is 1.42 bits per heavy atom. The van der Waals surface area contributed by atoms with Crippen molar-refractivity contribution in [1.29, 1.82) is 0 Å². The molecule has 0 spiro atoms. The number of carboxylic acids is 2. The molecule has 4 nitrogen and oxygen atoms in total. The first-order valence-electron chi connectivity index (χ1n) is 7.45. The number of hydrogen-bond donors (Lipinski definition) is 2. The van der Waals surface area contributed by atoms with Crippen LogP contribution in [0.4, 0.5) is 0 Å². The highest BCUT2D eigenvalue weighted by Crippen LogP contribution is 2.23. The lowest BCUT2D eigenvalue weighted by atomic mass is 9.95. The predicted molar refractivity (Wildman–Crippen MR) is 94.9 cm³/mol. The van der Waals surface area contributed by atoms with Gasteiger partial charge >= 0.3 is 11.9 Å². The molecule has 0 radical (unpaired) electrons. The maximum atomic E-state index is 11.6. The molecule has 124 valence electrons. The van der Waals surface area contributed by atoms with Gasteiger partial charge in [-0.3, -0.25) is 0 Å². The fourth-order valence-corrected chi connectivity index (χ4v) is 2.87. The van der Waals surface area contributed by atoms with Crippen LogP contribution in [0.2, 0.25) is 0 Å². The monoisotopic (exact) mass is 388 g/mol. The van der Waals surface area contributed by atoms with Gasteiger partial charge < -0.3 is 10.2 Å². The molecule has 2 rings (SSSR count). The van der Waals surface area contributed by atoms with Gasteiger partial charge in [-0.1, -0.05) is 64.5 Å². The number of halogens is 1. The van der Waals surface area contributed by atoms with Gasteiger partial charge in [0.05, 0.1) is 5.57 Å². The van der Waals surface area contributed by atoms with Gasteiger partial charge in [0.25, 0.3) is 0 Å². The van der Waals surface area contributed by atoms with Crippen LogP contribution < -0.4 is 0 Å². The number of carbonyl (C=O) groups is 2. The van der Waals surface area contributed by atoms with E-state index in [4.69, 9.17) is 0 Å². The minimum atomic E-state index is -1.20. The molecule has 0 aliphatic carbocycles. The standard InChI is InChI=1S/C19H17BrO4/c20-17-9-5-4-8-14(17)12-16(19(23)24)15(18(21)22)11-10-13-6-2-1-3-7-13/h1-9H,10-12H2,(H,21,22)(H,23,24)/b16-15-. The molecule has 0 saturated carbocycles. The zero-order valence-corrected chi connectivity index (χ0v) is 14.5. The Kier molecular flexibility index (Phi) is 6.32. The largest absolute Gasteiger partial charge is 0.478 e. The van der Waals surface area contributed by atoms with E-state index in [1.165, 1.54) is 0 Å². The maximum absolute atomic E-state index is 11.6. The van der Waals surface area contributed by atoms with Crippen LogP contribution >= 0.6 is 15.9 Å². The van der Waals surface area contributed by atoms with E-state index < -0.39 is 11.9 Å². The second kappa shape index (κ2) is 8.45. The van der Waals surface area contributed by atoms with Gasteiger partial charge in [0.1, 0.15) is 0 Å². The van der Waals surface area contributed by atoms with Crippen LogP contribution in [0.25, 0.3) is 0 Å². The number of aliphatic carboxylic acids is 2. The van der Waals surface area contributed by atoms with Crippen molar-refractivity contribution in [3.8, 4) is 0 Å². The van der Waals surface area contributed by atoms with Crippen molar-refractivity contribution in [2.45, 2.75) is 19.3 Å². The van der Waals surface area contributed by atoms with Gasteiger partial charge in [0.2, 0.25) is 0 Å². The second-order valence-electron chi connectivity index (χ2n) is 5.32. The van der Waals surface area contributed by atoms with E-state index in [-0.39, 0.29) is 24.0 Å². The minimum Gasteiger partial charge on any atom is -0.478 e. The SMILES string of the molecule is O=C(O)/C(CCc1ccccc1)=C(/Cc1ccccc1Br)C(=O)O. The Labute approximate surface area is 148 Å². The van der Waals surface area contributed by atoms with E-state index in [0.29, 0.717) is 6.42 Å². The fourth-order valence-electron chi connectivity index (χ4n) is 2.44. The molecule has 0 heterocycles. The highest BCUT2D eigenvalue weighted by molar-refractivity contribution is 9.10. The number of aryl methyl sites for hydroxylation is 1. The zero-order chi connectivity index (χ0) is 17.5. The van der Waals surface area contributed by atoms with Gasteiger partial charge in [0, 0.05) is 16.5 Å². The van der Waals surface area contributed by atoms with Crippen LogP contribution in [0.5, 0.6) is 0 Å². The average Bonchev–Trinajstić information content (AvgIpc) is 2.56. The molecule has 0 fully saturated rings. The predicted octanol–water partition coefficient (Wildman–Crippen LogP) is 4.09. The van der Waals surface area contributed by atoms with Crippen molar-refractivity contribution in [2.75, 3.05) is 0 Å². The number of carboxylic acid groups (broad SMARTS) is 2. The molecule has 0 saturated heterocycles. The van der Waals surface area contributed by atoms with Crippen LogP contribution in [0.15, 0.2) is 70.2 Å². The smallest absolute Gasteiger partial charge is 0.332 e. The molecule has 2 N–H and O–H groups in total. The summed E-state index contributed by atoms with van der Waals surface area (Å²) in [5, 5.41) is 19.0. The first kappa shape index (κ1) is 17.9. The van der Waals surface area contributed by atoms with Crippen molar-refractivity contribution >= 4 is 27.9 Å². The molecule has 2 aromatic rings. The highest BCUT2D eigenvalue weighted by Gasteiger charge is 2.21. The molecule has 0 aromatic heterocycles. The van der Waals surface area contributed by atoms with Crippen LogP contribution in [-0.4, -0.2) is 22.2 Å². The lowest BCUT2D eigenvalue weighted by molar-refractivity contribution is -0.136. The normalized spacial score (nSPS) is 11.7. The molecule has 2 aromatic carbocycles. The lowest BCUT2D eigenvalue weighted by Crippen LogP contribution is -2.14. The van der Waals surface area contributed by atoms with Crippen molar-refractivity contribution in [2.24, 2.45) is 0 Å². The summed E-state index contributed by atoms with van der Waals surface area (Å²) in [6, 6.07) is 16.6. The Bertz CT molecular complexity index is 766. The summed E-state index contributed by atoms with van der Waals surface area (Å²) >= 11 is 3.37. The zero-order valence-electron chi connectivity index (χ0n) is 12.9. The summed E-state index contributed by atoms with van der Waals surface area (Å²) in [5.41, 5.74) is 1.59. The summed E-state index contributed by atoms with van der Waals surface area (Å²) in [7, 11) is 0. The molecule has 0 amide bonds. The van der Waals surface area contributed by atoms with Gasteiger partial charge in [-0.25, -0.2) is 9.59 Å². The third-order valence-electron chi connectivity index (χ3n) is 3.71. The molecule has 0 aliphatic heterocycles. The number of benzene rings is 2. The molecule has 24 heavy (non-hydrogen) atoms. The molecular weight excluding hydrogens is 372 g/mol. The Morgan fingerprint density at radius 1 is 0.833 bits per heavy atom. The van der Waals surface area contributed by atoms with Crippen LogP contribution in [0, 0.1) is 0 Å². The third kappa shape index (κ3) is 4.80. The van der Waals surface area contributed by atoms with Crippen molar-refractivity contribution in [3.05, 3.63) is 81.3 Å². The summed E-state index contributed by atoms with van der Waals surface area (Å²) in [4.78, 5) is 23.2. The van der Waals surface area contributed by atoms with Crippen LogP contribution in [0.3, 0.4) is 0 Å². The summed E-state index contributed by atoms with van der Waals surface area (Å²) in [6.45, 7) is 0. The topological polar surface area (TPSA) is 74.6 Å². The third-order valence-corrected chi connectivity index (χ3v) is 4.49. The van der Waals surface area contributed by atoms with E-state index >= 15 is 0 Å². The lowest BCUT2D eigenvalue weighted by Gasteiger charge is -2.11. The van der Waals surface area contributed by atoms with E-state index in [1.807, 2.05) is 36.4 Å². The Morgan fingerprint density at radius 3 is 2.00 bits per heavy atom. The van der Waals surface area contributed by atoms with Crippen LogP contribution in [-0.2, 0) is 22.4 Å². The highest BCUT2D eigenvalue weighted by atomic mass is 79.9. The number of rotatable bonds is 7. The molecule has 0 bridgehead atoms. The summed E-state index contributed by atoms with van der Waals surface area (Å²) in [6.07, 6.45) is 0.716. The number of hydrogen-bond acceptors (Lipinski definition) is 2. The average molecular weight is 389 g/mol. The summed E-state index contributed by atoms with van der Waals surface area (Å²) < 4.78 is 0.761. The van der Waals surface area contributed by atoms with Gasteiger partial charge in [-0.15, -0.1) is 0 Å². The molecule has 0 unspecified atom stereocenters. The Hall–Kier alpha value is -2.40. The molecular formula is C19H17BrO4. The van der Waals surface area contributed by atoms with Crippen molar-refractivity contribution < 1.29 is 19.8 Å². The van der Waals surface area contributed by atoms with E-state index in [0.717, 1.165) is 15.6 Å². The Balaban J connectivity index is 2.31. The summed E-state index contributed by atoms with van der Waals surface area (Å²) in [5.74, 6) is -2.38. The van der Waals surface area contributed by atoms with Gasteiger partial charge in [0.15, 0.2) is 0 Å². The minimum absolute atomic E-state index is 0.0536. The fraction of sp³-hybridized carbons (Fsp3) is 0.158. The van der Waals surface area contributed by atoms with Gasteiger partial charge in [-0.2, -0.15) is 0 Å². The quantitative estimate of drug-likeness (QED) is 0.700. The van der Waals surface area contributed by atoms with Gasteiger partial charge in [-0.05, 0) is 30.0 Å². The maximum Gasteiger partial charge on any atom is 0.332 e. The van der Waals surface area contributed by atoms with Crippen molar-refractivity contribution in [3.63, 3.8) is 0 Å². The first-order valence-corrected chi connectivity index (χ1v) is 8.24.